The second kappa shape index (κ2) is 2.73. The summed E-state index contributed by atoms with van der Waals surface area (Å²) in [5.41, 5.74) is 0. The largest absolute Gasteiger partial charge is 0.250 e. The Morgan fingerprint density at radius 1 is 1.75 bits per heavy atom. The lowest BCUT2D eigenvalue weighted by atomic mass is 10.7. The predicted octanol–water partition coefficient (Wildman–Crippen LogP) is 0.347. The lowest BCUT2D eigenvalue weighted by Gasteiger charge is -1.87. The summed E-state index contributed by atoms with van der Waals surface area (Å²) in [5, 5.41) is 0. The molecule has 0 spiro atoms. The first-order valence-corrected chi connectivity index (χ1v) is 4.46. The molecule has 0 bridgehead atoms. The van der Waals surface area contributed by atoms with Crippen molar-refractivity contribution in [3.8, 4) is 12.3 Å². The van der Waals surface area contributed by atoms with E-state index in [0.717, 1.165) is 0 Å². The van der Waals surface area contributed by atoms with Gasteiger partial charge in [0.25, 0.3) is 0 Å². The molecule has 46 valence electrons. The zero-order chi connectivity index (χ0) is 6.62. The van der Waals surface area contributed by atoms with Gasteiger partial charge in [-0.2, -0.15) is 0 Å². The molecule has 0 unspecified atom stereocenters. The monoisotopic (exact) mass is 131 g/mol. The van der Waals surface area contributed by atoms with Crippen LogP contribution in [0.15, 0.2) is 4.36 Å². The summed E-state index contributed by atoms with van der Waals surface area (Å²) in [6, 6.07) is 0. The standard InChI is InChI=1S/C5H9NOS/c1-4-5-6-8(2,3)7/h1H,5H2,2-3H3. The quantitative estimate of drug-likeness (QED) is 0.472. The lowest BCUT2D eigenvalue weighted by molar-refractivity contribution is 0.683. The van der Waals surface area contributed by atoms with Crippen LogP contribution in [0.2, 0.25) is 0 Å². The molecule has 0 atom stereocenters. The van der Waals surface area contributed by atoms with E-state index in [-0.39, 0.29) is 6.54 Å². The Labute approximate surface area is 50.5 Å². The number of hydrogen-bond acceptors (Lipinski definition) is 2. The van der Waals surface area contributed by atoms with Crippen molar-refractivity contribution in [2.45, 2.75) is 0 Å². The lowest BCUT2D eigenvalue weighted by Crippen LogP contribution is -1.91. The highest BCUT2D eigenvalue weighted by molar-refractivity contribution is 7.92. The fourth-order valence-electron chi connectivity index (χ4n) is 0.193. The topological polar surface area (TPSA) is 29.4 Å². The fourth-order valence-corrected chi connectivity index (χ4v) is 0.578. The maximum Gasteiger partial charge on any atom is 0.109 e. The first kappa shape index (κ1) is 7.51. The highest BCUT2D eigenvalue weighted by atomic mass is 32.2. The Balaban J connectivity index is 4.03. The van der Waals surface area contributed by atoms with Crippen LogP contribution in [0.3, 0.4) is 0 Å². The zero-order valence-corrected chi connectivity index (χ0v) is 5.86. The highest BCUT2D eigenvalue weighted by Crippen LogP contribution is 1.80. The molecule has 2 nitrogen and oxygen atoms in total. The molecule has 0 saturated carbocycles. The summed E-state index contributed by atoms with van der Waals surface area (Å²) in [6.45, 7) is 0.256. The minimum atomic E-state index is -1.95. The number of rotatable bonds is 1. The van der Waals surface area contributed by atoms with Gasteiger partial charge in [0.15, 0.2) is 0 Å². The van der Waals surface area contributed by atoms with Crippen molar-refractivity contribution in [2.75, 3.05) is 19.1 Å². The van der Waals surface area contributed by atoms with Gasteiger partial charge in [-0.05, 0) is 0 Å². The van der Waals surface area contributed by atoms with Crippen LogP contribution in [0.1, 0.15) is 0 Å². The van der Waals surface area contributed by atoms with Gasteiger partial charge in [-0.15, -0.1) is 6.42 Å². The van der Waals surface area contributed by atoms with E-state index < -0.39 is 9.73 Å². The number of hydrogen-bond donors (Lipinski definition) is 0. The molecule has 3 heteroatoms. The first-order valence-electron chi connectivity index (χ1n) is 2.12. The van der Waals surface area contributed by atoms with E-state index in [1.54, 1.807) is 12.5 Å². The van der Waals surface area contributed by atoms with Crippen LogP contribution in [0, 0.1) is 12.3 Å². The van der Waals surface area contributed by atoms with Crippen LogP contribution in [0.25, 0.3) is 0 Å². The van der Waals surface area contributed by atoms with Crippen LogP contribution in [0.5, 0.6) is 0 Å². The number of nitrogens with zero attached hydrogens (tertiary/aromatic N) is 1. The van der Waals surface area contributed by atoms with Gasteiger partial charge in [-0.25, -0.2) is 4.36 Å². The highest BCUT2D eigenvalue weighted by Gasteiger charge is 1.83. The van der Waals surface area contributed by atoms with Gasteiger partial charge < -0.3 is 0 Å². The molecule has 0 radical (unpaired) electrons. The maximum atomic E-state index is 10.7. The SMILES string of the molecule is C#CCN=S(C)(C)=O. The summed E-state index contributed by atoms with van der Waals surface area (Å²) >= 11 is 0. The van der Waals surface area contributed by atoms with E-state index in [0.29, 0.717) is 0 Å². The van der Waals surface area contributed by atoms with Crippen molar-refractivity contribution in [2.24, 2.45) is 4.36 Å². The van der Waals surface area contributed by atoms with E-state index in [4.69, 9.17) is 6.42 Å². The third kappa shape index (κ3) is 5.51. The summed E-state index contributed by atoms with van der Waals surface area (Å²) in [5.74, 6) is 2.28. The van der Waals surface area contributed by atoms with Crippen LogP contribution in [0.4, 0.5) is 0 Å². The van der Waals surface area contributed by atoms with Crippen molar-refractivity contribution < 1.29 is 4.21 Å². The molecule has 0 aromatic rings. The van der Waals surface area contributed by atoms with Gasteiger partial charge in [-0.3, -0.25) is 4.21 Å². The Morgan fingerprint density at radius 2 is 2.25 bits per heavy atom. The molecule has 0 rings (SSSR count). The van der Waals surface area contributed by atoms with Crippen molar-refractivity contribution in [3.05, 3.63) is 0 Å². The van der Waals surface area contributed by atoms with E-state index in [2.05, 4.69) is 10.3 Å². The van der Waals surface area contributed by atoms with Crippen molar-refractivity contribution >= 4 is 9.73 Å². The number of terminal acetylenes is 1. The minimum absolute atomic E-state index is 0.256. The Bertz CT molecular complexity index is 197. The van der Waals surface area contributed by atoms with Crippen molar-refractivity contribution in [1.82, 2.24) is 0 Å². The van der Waals surface area contributed by atoms with Gasteiger partial charge in [-0.1, -0.05) is 5.92 Å². The Hall–Kier alpha value is -0.490. The van der Waals surface area contributed by atoms with E-state index >= 15 is 0 Å². The van der Waals surface area contributed by atoms with Gasteiger partial charge in [0.05, 0.1) is 0 Å². The molecular weight excluding hydrogens is 122 g/mol. The molecule has 0 aliphatic rings. The average molecular weight is 131 g/mol. The van der Waals surface area contributed by atoms with Gasteiger partial charge in [0, 0.05) is 22.2 Å². The van der Waals surface area contributed by atoms with Crippen LogP contribution >= 0.6 is 0 Å². The summed E-state index contributed by atoms with van der Waals surface area (Å²) < 4.78 is 14.4. The molecule has 0 heterocycles. The summed E-state index contributed by atoms with van der Waals surface area (Å²) in [4.78, 5) is 0. The molecule has 0 saturated heterocycles. The summed E-state index contributed by atoms with van der Waals surface area (Å²) in [7, 11) is -1.95. The minimum Gasteiger partial charge on any atom is -0.250 e. The molecule has 0 aromatic heterocycles. The maximum absolute atomic E-state index is 10.7. The van der Waals surface area contributed by atoms with Crippen LogP contribution < -0.4 is 0 Å². The average Bonchev–Trinajstić information content (AvgIpc) is 1.59. The molecule has 8 heavy (non-hydrogen) atoms. The smallest absolute Gasteiger partial charge is 0.109 e. The van der Waals surface area contributed by atoms with E-state index in [1.165, 1.54) is 0 Å². The molecule has 0 N–H and O–H groups in total. The van der Waals surface area contributed by atoms with Gasteiger partial charge in [0.2, 0.25) is 0 Å². The molecule has 0 aromatic carbocycles. The van der Waals surface area contributed by atoms with E-state index in [9.17, 15) is 4.21 Å². The van der Waals surface area contributed by atoms with Crippen LogP contribution in [-0.2, 0) is 9.73 Å². The van der Waals surface area contributed by atoms with Crippen molar-refractivity contribution in [3.63, 3.8) is 0 Å². The molecule has 0 aliphatic carbocycles. The normalized spacial score (nSPS) is 10.1. The third-order valence-corrected chi connectivity index (χ3v) is 1.22. The van der Waals surface area contributed by atoms with Crippen molar-refractivity contribution in [1.29, 1.82) is 0 Å². The van der Waals surface area contributed by atoms with Gasteiger partial charge in [0.1, 0.15) is 6.54 Å². The third-order valence-electron chi connectivity index (χ3n) is 0.467. The second-order valence-corrected chi connectivity index (χ2v) is 4.29. The predicted molar refractivity (Wildman–Crippen MR) is 36.1 cm³/mol. The Kier molecular flexibility index (Phi) is 2.56. The molecule has 0 fully saturated rings. The molecule has 0 aliphatic heterocycles. The van der Waals surface area contributed by atoms with E-state index in [1.807, 2.05) is 0 Å². The molecular formula is C5H9NOS. The fraction of sp³-hybridized carbons (Fsp3) is 0.600. The summed E-state index contributed by atoms with van der Waals surface area (Å²) in [6.07, 6.45) is 7.99. The second-order valence-electron chi connectivity index (χ2n) is 1.67. The van der Waals surface area contributed by atoms with Gasteiger partial charge >= 0.3 is 0 Å². The van der Waals surface area contributed by atoms with Crippen LogP contribution in [-0.4, -0.2) is 23.3 Å². The first-order chi connectivity index (χ1) is 3.56. The zero-order valence-electron chi connectivity index (χ0n) is 5.05. The molecule has 0 amide bonds. The Morgan fingerprint density at radius 3 is 2.38 bits per heavy atom.